The fourth-order valence-corrected chi connectivity index (χ4v) is 0.733. The first-order valence-electron chi connectivity index (χ1n) is 3.17. The highest BCUT2D eigenvalue weighted by molar-refractivity contribution is 5.49. The molecule has 0 heterocycles. The van der Waals surface area contributed by atoms with E-state index in [-0.39, 0.29) is 0 Å². The molecule has 13 heavy (non-hydrogen) atoms. The molecule has 0 fully saturated rings. The molecule has 1 aromatic carbocycles. The molecule has 0 saturated carbocycles. The van der Waals surface area contributed by atoms with Crippen molar-refractivity contribution in [3.8, 4) is 17.2 Å². The van der Waals surface area contributed by atoms with E-state index in [0.717, 1.165) is 12.1 Å². The van der Waals surface area contributed by atoms with Gasteiger partial charge in [-0.25, -0.2) is 0 Å². The van der Waals surface area contributed by atoms with Crippen LogP contribution >= 0.6 is 0 Å². The number of phenols is 2. The molecule has 0 spiro atoms. The lowest BCUT2D eigenvalue weighted by Crippen LogP contribution is -2.17. The first-order chi connectivity index (χ1) is 5.90. The maximum atomic E-state index is 11.7. The van der Waals surface area contributed by atoms with Gasteiger partial charge in [0.1, 0.15) is 0 Å². The topological polar surface area (TPSA) is 49.7 Å². The molecule has 0 aliphatic carbocycles. The number of hydrogen-bond acceptors (Lipinski definition) is 3. The zero-order chi connectivity index (χ0) is 10.1. The Morgan fingerprint density at radius 3 is 1.92 bits per heavy atom. The lowest BCUT2D eigenvalue weighted by molar-refractivity contribution is -0.275. The predicted octanol–water partition coefficient (Wildman–Crippen LogP) is 2.00. The van der Waals surface area contributed by atoms with E-state index in [9.17, 15) is 13.2 Å². The minimum atomic E-state index is -4.93. The summed E-state index contributed by atoms with van der Waals surface area (Å²) in [7, 11) is 0. The number of ether oxygens (including phenoxy) is 1. The predicted molar refractivity (Wildman–Crippen MR) is 36.5 cm³/mol. The zero-order valence-corrected chi connectivity index (χ0v) is 6.17. The van der Waals surface area contributed by atoms with Crippen LogP contribution < -0.4 is 4.74 Å². The van der Waals surface area contributed by atoms with E-state index < -0.39 is 23.6 Å². The Hall–Kier alpha value is -1.59. The first-order valence-corrected chi connectivity index (χ1v) is 3.17. The Morgan fingerprint density at radius 2 is 1.54 bits per heavy atom. The van der Waals surface area contributed by atoms with Crippen LogP contribution in [-0.2, 0) is 0 Å². The van der Waals surface area contributed by atoms with E-state index in [1.807, 2.05) is 0 Å². The van der Waals surface area contributed by atoms with Gasteiger partial charge in [-0.1, -0.05) is 6.07 Å². The lowest BCUT2D eigenvalue weighted by atomic mass is 10.3. The Labute approximate surface area is 71.0 Å². The lowest BCUT2D eigenvalue weighted by Gasteiger charge is -2.10. The van der Waals surface area contributed by atoms with Gasteiger partial charge in [0.25, 0.3) is 0 Å². The molecule has 1 rings (SSSR count). The number of rotatable bonds is 1. The molecule has 0 unspecified atom stereocenters. The molecule has 72 valence electrons. The third-order valence-corrected chi connectivity index (χ3v) is 1.19. The van der Waals surface area contributed by atoms with Crippen LogP contribution in [0.2, 0.25) is 0 Å². The minimum absolute atomic E-state index is 0.766. The number of benzene rings is 1. The first kappa shape index (κ1) is 9.50. The fourth-order valence-electron chi connectivity index (χ4n) is 0.733. The van der Waals surface area contributed by atoms with Crippen molar-refractivity contribution < 1.29 is 28.1 Å². The van der Waals surface area contributed by atoms with Crippen molar-refractivity contribution in [2.75, 3.05) is 0 Å². The minimum Gasteiger partial charge on any atom is -0.504 e. The SMILES string of the molecule is Oc1cccc(O)c1OC(F)(F)F. The van der Waals surface area contributed by atoms with Crippen molar-refractivity contribution in [1.29, 1.82) is 0 Å². The van der Waals surface area contributed by atoms with Gasteiger partial charge in [-0.2, -0.15) is 0 Å². The van der Waals surface area contributed by atoms with Gasteiger partial charge in [-0.05, 0) is 12.1 Å². The Balaban J connectivity index is 3.00. The van der Waals surface area contributed by atoms with Crippen molar-refractivity contribution >= 4 is 0 Å². The molecular weight excluding hydrogens is 189 g/mol. The van der Waals surface area contributed by atoms with Crippen LogP contribution in [0.1, 0.15) is 0 Å². The Morgan fingerprint density at radius 1 is 1.08 bits per heavy atom. The van der Waals surface area contributed by atoms with Crippen LogP contribution in [0, 0.1) is 0 Å². The number of para-hydroxylation sites is 1. The van der Waals surface area contributed by atoms with E-state index in [4.69, 9.17) is 10.2 Å². The number of aromatic hydroxyl groups is 2. The summed E-state index contributed by atoms with van der Waals surface area (Å²) in [5.74, 6) is -2.52. The Bertz CT molecular complexity index is 288. The van der Waals surface area contributed by atoms with E-state index in [0.29, 0.717) is 0 Å². The largest absolute Gasteiger partial charge is 0.573 e. The highest BCUT2D eigenvalue weighted by Gasteiger charge is 2.33. The van der Waals surface area contributed by atoms with Crippen molar-refractivity contribution in [2.45, 2.75) is 6.36 Å². The van der Waals surface area contributed by atoms with Crippen molar-refractivity contribution in [1.82, 2.24) is 0 Å². The summed E-state index contributed by atoms with van der Waals surface area (Å²) in [4.78, 5) is 0. The fraction of sp³-hybridized carbons (Fsp3) is 0.143. The highest BCUT2D eigenvalue weighted by atomic mass is 19.4. The second kappa shape index (κ2) is 3.04. The number of alkyl halides is 3. The molecule has 0 radical (unpaired) electrons. The molecule has 0 atom stereocenters. The molecule has 0 bridgehead atoms. The molecule has 1 aromatic rings. The molecule has 0 aliphatic rings. The van der Waals surface area contributed by atoms with Crippen LogP contribution in [0.3, 0.4) is 0 Å². The second-order valence-corrected chi connectivity index (χ2v) is 2.17. The monoisotopic (exact) mass is 194 g/mol. The van der Waals surface area contributed by atoms with Crippen molar-refractivity contribution in [2.24, 2.45) is 0 Å². The quantitative estimate of drug-likeness (QED) is 0.718. The van der Waals surface area contributed by atoms with Gasteiger partial charge >= 0.3 is 6.36 Å². The molecule has 2 N–H and O–H groups in total. The van der Waals surface area contributed by atoms with Gasteiger partial charge < -0.3 is 14.9 Å². The van der Waals surface area contributed by atoms with Crippen LogP contribution in [0.4, 0.5) is 13.2 Å². The number of halogens is 3. The summed E-state index contributed by atoms with van der Waals surface area (Å²) in [6, 6.07) is 3.13. The van der Waals surface area contributed by atoms with Crippen molar-refractivity contribution in [3.05, 3.63) is 18.2 Å². The second-order valence-electron chi connectivity index (χ2n) is 2.17. The summed E-state index contributed by atoms with van der Waals surface area (Å²) in [6.45, 7) is 0. The molecule has 6 heteroatoms. The van der Waals surface area contributed by atoms with E-state index in [1.54, 1.807) is 0 Å². The standard InChI is InChI=1S/C7H5F3O3/c8-7(9,10)13-6-4(11)2-1-3-5(6)12/h1-3,11-12H. The van der Waals surface area contributed by atoms with Crippen LogP contribution in [0.25, 0.3) is 0 Å². The van der Waals surface area contributed by atoms with E-state index in [2.05, 4.69) is 4.74 Å². The average molecular weight is 194 g/mol. The van der Waals surface area contributed by atoms with E-state index >= 15 is 0 Å². The molecule has 0 aromatic heterocycles. The maximum absolute atomic E-state index is 11.7. The summed E-state index contributed by atoms with van der Waals surface area (Å²) in [5.41, 5.74) is 0. The van der Waals surface area contributed by atoms with Crippen LogP contribution in [0.15, 0.2) is 18.2 Å². The van der Waals surface area contributed by atoms with Crippen LogP contribution in [-0.4, -0.2) is 16.6 Å². The average Bonchev–Trinajstić information content (AvgIpc) is 1.95. The van der Waals surface area contributed by atoms with Gasteiger partial charge in [0, 0.05) is 0 Å². The maximum Gasteiger partial charge on any atom is 0.573 e. The molecular formula is C7H5F3O3. The number of phenolic OH excluding ortho intramolecular Hbond substituents is 2. The summed E-state index contributed by atoms with van der Waals surface area (Å²) in [5, 5.41) is 17.7. The third kappa shape index (κ3) is 2.43. The summed E-state index contributed by atoms with van der Waals surface area (Å²) < 4.78 is 38.3. The van der Waals surface area contributed by atoms with Gasteiger partial charge in [-0.3, -0.25) is 0 Å². The normalized spacial score (nSPS) is 11.3. The third-order valence-electron chi connectivity index (χ3n) is 1.19. The van der Waals surface area contributed by atoms with Gasteiger partial charge in [0.2, 0.25) is 5.75 Å². The van der Waals surface area contributed by atoms with Gasteiger partial charge in [-0.15, -0.1) is 13.2 Å². The zero-order valence-electron chi connectivity index (χ0n) is 6.17. The molecule has 3 nitrogen and oxygen atoms in total. The molecule has 0 saturated heterocycles. The number of hydrogen-bond donors (Lipinski definition) is 2. The summed E-state index contributed by atoms with van der Waals surface area (Å²) >= 11 is 0. The Kier molecular flexibility index (Phi) is 2.22. The molecule has 0 aliphatic heterocycles. The smallest absolute Gasteiger partial charge is 0.504 e. The highest BCUT2D eigenvalue weighted by Crippen LogP contribution is 2.38. The van der Waals surface area contributed by atoms with Gasteiger partial charge in [0.15, 0.2) is 11.5 Å². The van der Waals surface area contributed by atoms with E-state index in [1.165, 1.54) is 6.07 Å². The van der Waals surface area contributed by atoms with Crippen LogP contribution in [0.5, 0.6) is 17.2 Å². The van der Waals surface area contributed by atoms with Gasteiger partial charge in [0.05, 0.1) is 0 Å². The molecule has 0 amide bonds. The van der Waals surface area contributed by atoms with Crippen molar-refractivity contribution in [3.63, 3.8) is 0 Å². The summed E-state index contributed by atoms with van der Waals surface area (Å²) in [6.07, 6.45) is -4.93.